The van der Waals surface area contributed by atoms with Crippen LogP contribution in [-0.2, 0) is 19.1 Å². The molecule has 0 aromatic heterocycles. The van der Waals surface area contributed by atoms with Gasteiger partial charge >= 0.3 is 11.9 Å². The van der Waals surface area contributed by atoms with Crippen molar-refractivity contribution in [3.8, 4) is 0 Å². The van der Waals surface area contributed by atoms with Crippen LogP contribution in [0.3, 0.4) is 0 Å². The van der Waals surface area contributed by atoms with Crippen molar-refractivity contribution in [1.82, 2.24) is 0 Å². The zero-order valence-corrected chi connectivity index (χ0v) is 14.7. The van der Waals surface area contributed by atoms with E-state index in [1.165, 1.54) is 6.08 Å². The fourth-order valence-electron chi connectivity index (χ4n) is 1.96. The number of unbranched alkanes of at least 4 members (excludes halogenated alkanes) is 1. The second-order valence-electron chi connectivity index (χ2n) is 6.45. The molecule has 132 valence electrons. The molecule has 1 aromatic rings. The highest BCUT2D eigenvalue weighted by Gasteiger charge is 2.32. The molecule has 0 fully saturated rings. The van der Waals surface area contributed by atoms with Gasteiger partial charge in [0.25, 0.3) is 0 Å². The lowest BCUT2D eigenvalue weighted by Gasteiger charge is -2.24. The van der Waals surface area contributed by atoms with Gasteiger partial charge in [-0.2, -0.15) is 0 Å². The van der Waals surface area contributed by atoms with Crippen LogP contribution >= 0.6 is 0 Å². The molecule has 0 saturated heterocycles. The highest BCUT2D eigenvalue weighted by molar-refractivity contribution is 6.00. The summed E-state index contributed by atoms with van der Waals surface area (Å²) < 4.78 is 10.9. The van der Waals surface area contributed by atoms with Crippen LogP contribution in [0.15, 0.2) is 35.9 Å². The summed E-state index contributed by atoms with van der Waals surface area (Å²) >= 11 is 0. The first kappa shape index (κ1) is 19.9. The molecule has 0 spiro atoms. The monoisotopic (exact) mass is 334 g/mol. The summed E-state index contributed by atoms with van der Waals surface area (Å²) in [5, 5.41) is 9.55. The minimum atomic E-state index is -1.26. The molecule has 0 radical (unpaired) electrons. The highest BCUT2D eigenvalue weighted by atomic mass is 16.6. The smallest absolute Gasteiger partial charge is 0.340 e. The lowest BCUT2D eigenvalue weighted by atomic mass is 10.1. The van der Waals surface area contributed by atoms with Gasteiger partial charge in [-0.3, -0.25) is 0 Å². The molecule has 1 unspecified atom stereocenters. The summed E-state index contributed by atoms with van der Waals surface area (Å²) in [6.07, 6.45) is 1.81. The number of carbonyl (C=O) groups excluding carboxylic acids is 1. The molecule has 0 aliphatic heterocycles. The largest absolute Gasteiger partial charge is 0.478 e. The molecule has 5 nitrogen and oxygen atoms in total. The van der Waals surface area contributed by atoms with Crippen molar-refractivity contribution < 1.29 is 24.2 Å². The molecule has 5 heteroatoms. The van der Waals surface area contributed by atoms with Crippen LogP contribution in [0.1, 0.15) is 46.1 Å². The molecule has 0 aliphatic rings. The Hall–Kier alpha value is -2.14. The molecule has 24 heavy (non-hydrogen) atoms. The van der Waals surface area contributed by atoms with E-state index in [0.29, 0.717) is 12.2 Å². The number of aliphatic carboxylic acids is 1. The Morgan fingerprint density at radius 2 is 1.83 bits per heavy atom. The first-order valence-electron chi connectivity index (χ1n) is 8.09. The van der Waals surface area contributed by atoms with E-state index < -0.39 is 23.6 Å². The molecule has 0 amide bonds. The number of hydrogen-bond acceptors (Lipinski definition) is 4. The van der Waals surface area contributed by atoms with E-state index in [0.717, 1.165) is 12.8 Å². The summed E-state index contributed by atoms with van der Waals surface area (Å²) in [7, 11) is 0. The summed E-state index contributed by atoms with van der Waals surface area (Å²) in [6.45, 7) is 7.48. The minimum absolute atomic E-state index is 0.133. The normalized spacial score (nSPS) is 13.4. The molecule has 1 atom stereocenters. The first-order chi connectivity index (χ1) is 11.2. The van der Waals surface area contributed by atoms with Crippen molar-refractivity contribution in [3.63, 3.8) is 0 Å². The third-order valence-electron chi connectivity index (χ3n) is 3.05. The van der Waals surface area contributed by atoms with Gasteiger partial charge in [0.2, 0.25) is 0 Å². The lowest BCUT2D eigenvalue weighted by molar-refractivity contribution is -0.167. The van der Waals surface area contributed by atoms with Gasteiger partial charge in [-0.15, -0.1) is 0 Å². The zero-order valence-electron chi connectivity index (χ0n) is 14.7. The van der Waals surface area contributed by atoms with Crippen LogP contribution in [0.25, 0.3) is 6.08 Å². The van der Waals surface area contributed by atoms with Crippen molar-refractivity contribution in [2.24, 2.45) is 0 Å². The van der Waals surface area contributed by atoms with Crippen molar-refractivity contribution in [2.75, 3.05) is 6.61 Å². The van der Waals surface area contributed by atoms with Crippen molar-refractivity contribution in [1.29, 1.82) is 0 Å². The topological polar surface area (TPSA) is 72.8 Å². The zero-order chi connectivity index (χ0) is 18.2. The molecule has 0 saturated carbocycles. The molecular formula is C19H26O5. The molecule has 0 bridgehead atoms. The van der Waals surface area contributed by atoms with Crippen LogP contribution in [0.4, 0.5) is 0 Å². The van der Waals surface area contributed by atoms with Crippen LogP contribution < -0.4 is 0 Å². The number of carboxylic acids is 1. The number of benzene rings is 1. The maximum atomic E-state index is 12.4. The van der Waals surface area contributed by atoms with Crippen molar-refractivity contribution >= 4 is 18.0 Å². The lowest BCUT2D eigenvalue weighted by Crippen LogP contribution is -2.37. The molecule has 0 heterocycles. The third kappa shape index (κ3) is 6.96. The average molecular weight is 334 g/mol. The van der Waals surface area contributed by atoms with E-state index >= 15 is 0 Å². The van der Waals surface area contributed by atoms with E-state index in [2.05, 4.69) is 0 Å². The summed E-state index contributed by atoms with van der Waals surface area (Å²) in [5.74, 6) is -1.89. The Morgan fingerprint density at radius 1 is 1.21 bits per heavy atom. The van der Waals surface area contributed by atoms with E-state index in [-0.39, 0.29) is 5.57 Å². The number of carboxylic acid groups (broad SMARTS) is 1. The summed E-state index contributed by atoms with van der Waals surface area (Å²) in [4.78, 5) is 24.1. The van der Waals surface area contributed by atoms with Gasteiger partial charge in [0.1, 0.15) is 5.60 Å². The molecular weight excluding hydrogens is 308 g/mol. The van der Waals surface area contributed by atoms with Crippen molar-refractivity contribution in [3.05, 3.63) is 41.5 Å². The fraction of sp³-hybridized carbons (Fsp3) is 0.474. The Balaban J connectivity index is 3.13. The quantitative estimate of drug-likeness (QED) is 0.446. The maximum Gasteiger partial charge on any atom is 0.340 e. The Kier molecular flexibility index (Phi) is 7.65. The van der Waals surface area contributed by atoms with E-state index in [9.17, 15) is 14.7 Å². The highest BCUT2D eigenvalue weighted by Crippen LogP contribution is 2.18. The van der Waals surface area contributed by atoms with Crippen LogP contribution in [-0.4, -0.2) is 35.4 Å². The Bertz CT molecular complexity index is 569. The van der Waals surface area contributed by atoms with Crippen molar-refractivity contribution in [2.45, 2.75) is 52.2 Å². The van der Waals surface area contributed by atoms with Gasteiger partial charge in [0.05, 0.1) is 5.57 Å². The molecule has 1 N–H and O–H groups in total. The van der Waals surface area contributed by atoms with Gasteiger partial charge in [0, 0.05) is 6.61 Å². The molecule has 1 rings (SSSR count). The standard InChI is InChI=1S/C19H26O5/c1-5-6-12-23-16(18(22)24-19(2,3)4)15(17(20)21)13-14-10-8-7-9-11-14/h7-11,13,16H,5-6,12H2,1-4H3,(H,20,21)/b15-13+. The fourth-order valence-corrected chi connectivity index (χ4v) is 1.96. The molecule has 0 aliphatic carbocycles. The Labute approximate surface area is 143 Å². The number of hydrogen-bond donors (Lipinski definition) is 1. The van der Waals surface area contributed by atoms with Gasteiger partial charge in [-0.1, -0.05) is 43.7 Å². The Morgan fingerprint density at radius 3 is 2.33 bits per heavy atom. The van der Waals surface area contributed by atoms with Gasteiger partial charge in [0.15, 0.2) is 6.10 Å². The summed E-state index contributed by atoms with van der Waals surface area (Å²) in [5.41, 5.74) is -0.172. The van der Waals surface area contributed by atoms with E-state index in [1.54, 1.807) is 45.0 Å². The first-order valence-corrected chi connectivity index (χ1v) is 8.09. The number of carbonyl (C=O) groups is 2. The maximum absolute atomic E-state index is 12.4. The number of esters is 1. The second kappa shape index (κ2) is 9.23. The summed E-state index contributed by atoms with van der Waals surface area (Å²) in [6, 6.07) is 8.96. The van der Waals surface area contributed by atoms with Gasteiger partial charge in [-0.25, -0.2) is 9.59 Å². The van der Waals surface area contributed by atoms with Gasteiger partial charge in [-0.05, 0) is 38.8 Å². The van der Waals surface area contributed by atoms with Crippen LogP contribution in [0.2, 0.25) is 0 Å². The SMILES string of the molecule is CCCCOC(C(=O)OC(C)(C)C)/C(=C\c1ccccc1)C(=O)O. The number of ether oxygens (including phenoxy) is 2. The minimum Gasteiger partial charge on any atom is -0.478 e. The third-order valence-corrected chi connectivity index (χ3v) is 3.05. The predicted molar refractivity (Wildman–Crippen MR) is 92.5 cm³/mol. The van der Waals surface area contributed by atoms with E-state index in [1.807, 2.05) is 13.0 Å². The predicted octanol–water partition coefficient (Wildman–Crippen LogP) is 3.68. The average Bonchev–Trinajstić information content (AvgIpc) is 2.49. The molecule has 1 aromatic carbocycles. The van der Waals surface area contributed by atoms with E-state index in [4.69, 9.17) is 9.47 Å². The van der Waals surface area contributed by atoms with Crippen LogP contribution in [0.5, 0.6) is 0 Å². The van der Waals surface area contributed by atoms with Crippen LogP contribution in [0, 0.1) is 0 Å². The van der Waals surface area contributed by atoms with Gasteiger partial charge < -0.3 is 14.6 Å². The second-order valence-corrected chi connectivity index (χ2v) is 6.45. The number of rotatable bonds is 8.